The molecule has 2 heterocycles. The Hall–Kier alpha value is -2.74. The lowest BCUT2D eigenvalue weighted by molar-refractivity contribution is 0.206. The molecule has 1 saturated carbocycles. The first kappa shape index (κ1) is 15.8. The number of aromatic nitrogens is 2. The second-order valence-electron chi connectivity index (χ2n) is 7.28. The maximum Gasteiger partial charge on any atom is 0.222 e. The lowest BCUT2D eigenvalue weighted by Crippen LogP contribution is -2.46. The topological polar surface area (TPSA) is 87.7 Å². The van der Waals surface area contributed by atoms with Gasteiger partial charge in [-0.1, -0.05) is 35.7 Å². The minimum absolute atomic E-state index is 0.185. The lowest BCUT2D eigenvalue weighted by atomic mass is 9.55. The summed E-state index contributed by atoms with van der Waals surface area (Å²) in [5.74, 6) is 1.07. The quantitative estimate of drug-likeness (QED) is 0.880. The second kappa shape index (κ2) is 5.38. The fourth-order valence-electron chi connectivity index (χ4n) is 4.55. The molecule has 5 nitrogen and oxygen atoms in total. The Balaban J connectivity index is 2.12. The third kappa shape index (κ3) is 2.03. The summed E-state index contributed by atoms with van der Waals surface area (Å²) in [6.07, 6.45) is 3.30. The van der Waals surface area contributed by atoms with Crippen molar-refractivity contribution in [1.82, 2.24) is 10.2 Å². The van der Waals surface area contributed by atoms with E-state index >= 15 is 0 Å². The first-order valence-corrected chi connectivity index (χ1v) is 8.70. The molecule has 1 atom stereocenters. The molecule has 1 fully saturated rings. The maximum atomic E-state index is 10.0. The largest absolute Gasteiger partial charge is 0.422 e. The summed E-state index contributed by atoms with van der Waals surface area (Å²) in [5.41, 5.74) is 11.4. The van der Waals surface area contributed by atoms with Crippen molar-refractivity contribution in [2.24, 2.45) is 11.7 Å². The highest BCUT2D eigenvalue weighted by molar-refractivity contribution is 5.62. The second-order valence-corrected chi connectivity index (χ2v) is 7.28. The number of nitrogens with two attached hydrogens (primary N) is 1. The van der Waals surface area contributed by atoms with Gasteiger partial charge in [0.15, 0.2) is 0 Å². The van der Waals surface area contributed by atoms with E-state index in [4.69, 9.17) is 10.5 Å². The van der Waals surface area contributed by atoms with E-state index in [0.717, 1.165) is 29.7 Å². The molecule has 2 aromatic rings. The average molecular weight is 334 g/mol. The van der Waals surface area contributed by atoms with E-state index in [-0.39, 0.29) is 5.88 Å². The Morgan fingerprint density at radius 2 is 1.92 bits per heavy atom. The first-order valence-electron chi connectivity index (χ1n) is 8.70. The molecule has 0 amide bonds. The van der Waals surface area contributed by atoms with Crippen molar-refractivity contribution in [3.63, 3.8) is 0 Å². The number of benzene rings is 1. The number of rotatable bonds is 2. The van der Waals surface area contributed by atoms with Crippen LogP contribution in [0.4, 0.5) is 0 Å². The van der Waals surface area contributed by atoms with Crippen LogP contribution in [-0.4, -0.2) is 10.2 Å². The van der Waals surface area contributed by atoms with E-state index in [9.17, 15) is 5.26 Å². The summed E-state index contributed by atoms with van der Waals surface area (Å²) in [4.78, 5) is 0. The molecule has 2 aliphatic rings. The van der Waals surface area contributed by atoms with Crippen LogP contribution in [0.25, 0.3) is 0 Å². The van der Waals surface area contributed by atoms with Gasteiger partial charge >= 0.3 is 0 Å². The summed E-state index contributed by atoms with van der Waals surface area (Å²) < 4.78 is 5.73. The molecule has 1 unspecified atom stereocenters. The van der Waals surface area contributed by atoms with Gasteiger partial charge in [0.25, 0.3) is 0 Å². The van der Waals surface area contributed by atoms with Crippen LogP contribution < -0.4 is 10.5 Å². The van der Waals surface area contributed by atoms with E-state index in [1.165, 1.54) is 17.5 Å². The molecule has 1 aromatic heterocycles. The molecule has 1 aromatic carbocycles. The number of nitrogens with one attached hydrogen (secondary N) is 1. The highest BCUT2D eigenvalue weighted by Gasteiger charge is 2.54. The lowest BCUT2D eigenvalue weighted by Gasteiger charge is -2.47. The van der Waals surface area contributed by atoms with Crippen LogP contribution in [-0.2, 0) is 5.41 Å². The Morgan fingerprint density at radius 1 is 1.24 bits per heavy atom. The fraction of sp³-hybridized carbons (Fsp3) is 0.400. The van der Waals surface area contributed by atoms with E-state index in [2.05, 4.69) is 48.3 Å². The van der Waals surface area contributed by atoms with Crippen molar-refractivity contribution in [1.29, 1.82) is 5.26 Å². The van der Waals surface area contributed by atoms with Crippen molar-refractivity contribution in [3.05, 3.63) is 57.6 Å². The summed E-state index contributed by atoms with van der Waals surface area (Å²) in [7, 11) is 0. The molecular weight excluding hydrogens is 312 g/mol. The van der Waals surface area contributed by atoms with Crippen molar-refractivity contribution < 1.29 is 4.74 Å². The number of nitriles is 1. The van der Waals surface area contributed by atoms with Crippen LogP contribution in [0.5, 0.6) is 5.88 Å². The van der Waals surface area contributed by atoms with Crippen LogP contribution in [0.3, 0.4) is 0 Å². The minimum Gasteiger partial charge on any atom is -0.422 e. The molecule has 0 saturated heterocycles. The predicted molar refractivity (Wildman–Crippen MR) is 94.8 cm³/mol. The van der Waals surface area contributed by atoms with E-state index in [1.54, 1.807) is 0 Å². The smallest absolute Gasteiger partial charge is 0.222 e. The fourth-order valence-corrected chi connectivity index (χ4v) is 4.55. The van der Waals surface area contributed by atoms with Gasteiger partial charge in [-0.25, -0.2) is 5.10 Å². The number of allylic oxidation sites excluding steroid dienone is 1. The molecule has 0 radical (unpaired) electrons. The summed E-state index contributed by atoms with van der Waals surface area (Å²) >= 11 is 0. The zero-order chi connectivity index (χ0) is 17.8. The van der Waals surface area contributed by atoms with E-state index < -0.39 is 5.41 Å². The molecule has 128 valence electrons. The zero-order valence-corrected chi connectivity index (χ0v) is 14.8. The van der Waals surface area contributed by atoms with Gasteiger partial charge in [0, 0.05) is 0 Å². The highest BCUT2D eigenvalue weighted by atomic mass is 16.5. The number of fused-ring (bicyclic) bond motifs is 1. The van der Waals surface area contributed by atoms with Crippen LogP contribution in [0.1, 0.15) is 47.2 Å². The summed E-state index contributed by atoms with van der Waals surface area (Å²) in [5, 5.41) is 17.3. The first-order chi connectivity index (χ1) is 12.0. The van der Waals surface area contributed by atoms with Gasteiger partial charge in [0.1, 0.15) is 11.6 Å². The van der Waals surface area contributed by atoms with Crippen molar-refractivity contribution in [2.75, 3.05) is 0 Å². The summed E-state index contributed by atoms with van der Waals surface area (Å²) in [6.45, 7) is 6.14. The number of aromatic amines is 1. The molecule has 3 N–H and O–H groups in total. The molecule has 0 spiro atoms. The van der Waals surface area contributed by atoms with E-state index in [0.29, 0.717) is 17.4 Å². The van der Waals surface area contributed by atoms with Gasteiger partial charge in [-0.05, 0) is 45.1 Å². The number of hydrogen-bond acceptors (Lipinski definition) is 4. The Morgan fingerprint density at radius 3 is 2.48 bits per heavy atom. The Kier molecular flexibility index (Phi) is 3.40. The number of ether oxygens (including phenoxy) is 1. The van der Waals surface area contributed by atoms with Gasteiger partial charge < -0.3 is 10.5 Å². The maximum absolute atomic E-state index is 10.0. The summed E-state index contributed by atoms with van der Waals surface area (Å²) in [6, 6.07) is 8.89. The molecule has 4 rings (SSSR count). The normalized spacial score (nSPS) is 22.8. The number of hydrogen-bond donors (Lipinski definition) is 2. The molecule has 1 aliphatic carbocycles. The van der Waals surface area contributed by atoms with Gasteiger partial charge in [-0.15, -0.1) is 0 Å². The van der Waals surface area contributed by atoms with Gasteiger partial charge in [-0.3, -0.25) is 0 Å². The van der Waals surface area contributed by atoms with E-state index in [1.807, 2.05) is 6.92 Å². The Bertz CT molecular complexity index is 909. The van der Waals surface area contributed by atoms with Crippen LogP contribution in [0, 0.1) is 38.0 Å². The van der Waals surface area contributed by atoms with Crippen molar-refractivity contribution in [2.45, 2.75) is 45.4 Å². The van der Waals surface area contributed by atoms with Gasteiger partial charge in [-0.2, -0.15) is 10.4 Å². The van der Waals surface area contributed by atoms with Crippen molar-refractivity contribution in [3.8, 4) is 11.9 Å². The van der Waals surface area contributed by atoms with Gasteiger partial charge in [0.05, 0.1) is 16.7 Å². The standard InChI is InChI=1S/C20H22N4O/c1-11-7-12(2)9-15(8-11)20(14-5-4-6-14)16(10-21)18(22)25-19-17(20)13(3)23-24-19/h7-9,14H,4-6,22H2,1-3H3,(H,23,24). The molecule has 25 heavy (non-hydrogen) atoms. The molecular formula is C20H22N4O. The third-order valence-corrected chi connectivity index (χ3v) is 5.67. The SMILES string of the molecule is Cc1cc(C)cc(C2(C3CCC3)C(C#N)=C(N)Oc3[nH]nc(C)c32)c1. The number of H-pyrrole nitrogens is 1. The molecule has 1 aliphatic heterocycles. The van der Waals surface area contributed by atoms with Crippen molar-refractivity contribution >= 4 is 0 Å². The van der Waals surface area contributed by atoms with Crippen LogP contribution in [0.15, 0.2) is 29.7 Å². The zero-order valence-electron chi connectivity index (χ0n) is 14.8. The number of nitrogens with zero attached hydrogens (tertiary/aromatic N) is 2. The molecule has 5 heteroatoms. The van der Waals surface area contributed by atoms with Crippen LogP contribution in [0.2, 0.25) is 0 Å². The van der Waals surface area contributed by atoms with Gasteiger partial charge in [0.2, 0.25) is 11.8 Å². The highest BCUT2D eigenvalue weighted by Crippen LogP contribution is 2.57. The Labute approximate surface area is 147 Å². The third-order valence-electron chi connectivity index (χ3n) is 5.67. The number of aryl methyl sites for hydroxylation is 3. The monoisotopic (exact) mass is 334 g/mol. The average Bonchev–Trinajstić information content (AvgIpc) is 2.85. The predicted octanol–water partition coefficient (Wildman–Crippen LogP) is 3.51. The van der Waals surface area contributed by atoms with Crippen LogP contribution >= 0.6 is 0 Å². The molecule has 0 bridgehead atoms. The minimum atomic E-state index is -0.585.